The van der Waals surface area contributed by atoms with E-state index in [1.807, 2.05) is 6.07 Å². The highest BCUT2D eigenvalue weighted by Crippen LogP contribution is 2.32. The van der Waals surface area contributed by atoms with Gasteiger partial charge in [0.25, 0.3) is 5.91 Å². The van der Waals surface area contributed by atoms with Crippen LogP contribution in [0.4, 0.5) is 5.82 Å². The molecular formula is C16H22N6O4S. The summed E-state index contributed by atoms with van der Waals surface area (Å²) in [4.78, 5) is 25.5. The predicted octanol–water partition coefficient (Wildman–Crippen LogP) is -0.257. The minimum Gasteiger partial charge on any atom is -0.383 e. The maximum atomic E-state index is 12.7. The van der Waals surface area contributed by atoms with Gasteiger partial charge in [-0.3, -0.25) is 9.59 Å². The van der Waals surface area contributed by atoms with E-state index >= 15 is 0 Å². The van der Waals surface area contributed by atoms with Crippen LogP contribution in [0.5, 0.6) is 0 Å². The molecule has 3 heterocycles. The number of carbonyl (C=O) groups is 2. The minimum absolute atomic E-state index is 0.0555. The SMILES string of the molecule is CC(=O)N=S1(=O)CCC2(CC1)CN(C(=O)Cn1ncc(C#N)c1N)CCO2. The Morgan fingerprint density at radius 3 is 2.78 bits per heavy atom. The lowest BCUT2D eigenvalue weighted by Crippen LogP contribution is -2.57. The van der Waals surface area contributed by atoms with Crippen molar-refractivity contribution in [2.24, 2.45) is 4.36 Å². The van der Waals surface area contributed by atoms with Crippen LogP contribution < -0.4 is 5.73 Å². The Labute approximate surface area is 157 Å². The monoisotopic (exact) mass is 394 g/mol. The molecule has 0 atom stereocenters. The number of nitrogens with zero attached hydrogens (tertiary/aromatic N) is 5. The van der Waals surface area contributed by atoms with Crippen LogP contribution in [0.25, 0.3) is 0 Å². The van der Waals surface area contributed by atoms with Crippen LogP contribution in [-0.4, -0.2) is 67.5 Å². The first-order chi connectivity index (χ1) is 12.8. The largest absolute Gasteiger partial charge is 0.383 e. The van der Waals surface area contributed by atoms with Crippen LogP contribution in [0, 0.1) is 11.3 Å². The normalized spacial score (nSPS) is 27.9. The number of ether oxygens (including phenoxy) is 1. The third-order valence-electron chi connectivity index (χ3n) is 4.94. The van der Waals surface area contributed by atoms with Crippen LogP contribution in [0.2, 0.25) is 0 Å². The number of hydrogen-bond acceptors (Lipinski definition) is 7. The number of aromatic nitrogens is 2. The van der Waals surface area contributed by atoms with Gasteiger partial charge in [0.2, 0.25) is 5.91 Å². The number of nitrogen functional groups attached to an aromatic ring is 1. The lowest BCUT2D eigenvalue weighted by atomic mass is 9.94. The molecule has 0 radical (unpaired) electrons. The number of morpholine rings is 1. The van der Waals surface area contributed by atoms with Crippen molar-refractivity contribution in [2.45, 2.75) is 31.9 Å². The molecule has 2 amide bonds. The standard InChI is InChI=1S/C16H22N6O4S/c1-12(23)20-27(25)6-2-16(3-7-27)11-21(4-5-26-16)14(24)10-22-15(18)13(8-17)9-19-22/h9H,2-7,10-11,18H2,1H3. The Morgan fingerprint density at radius 2 is 2.19 bits per heavy atom. The molecule has 2 saturated heterocycles. The quantitative estimate of drug-likeness (QED) is 0.728. The molecule has 27 heavy (non-hydrogen) atoms. The Balaban J connectivity index is 1.67. The number of hydrogen-bond donors (Lipinski definition) is 1. The molecule has 1 aromatic rings. The number of carbonyl (C=O) groups excluding carboxylic acids is 2. The number of anilines is 1. The third kappa shape index (κ3) is 4.12. The summed E-state index contributed by atoms with van der Waals surface area (Å²) in [5, 5.41) is 12.9. The summed E-state index contributed by atoms with van der Waals surface area (Å²) < 4.78 is 23.6. The van der Waals surface area contributed by atoms with E-state index in [1.165, 1.54) is 17.8 Å². The van der Waals surface area contributed by atoms with Crippen LogP contribution in [-0.2, 0) is 30.6 Å². The molecule has 10 nitrogen and oxygen atoms in total. The van der Waals surface area contributed by atoms with E-state index in [0.29, 0.717) is 32.5 Å². The van der Waals surface area contributed by atoms with Crippen molar-refractivity contribution < 1.29 is 18.5 Å². The molecule has 1 spiro atoms. The molecule has 0 unspecified atom stereocenters. The highest BCUT2D eigenvalue weighted by atomic mass is 32.2. The zero-order chi connectivity index (χ0) is 19.7. The van der Waals surface area contributed by atoms with Crippen LogP contribution in [0.15, 0.2) is 10.6 Å². The zero-order valence-electron chi connectivity index (χ0n) is 15.1. The van der Waals surface area contributed by atoms with Gasteiger partial charge < -0.3 is 15.4 Å². The van der Waals surface area contributed by atoms with Crippen LogP contribution in [0.1, 0.15) is 25.3 Å². The second kappa shape index (κ2) is 7.28. The molecule has 11 heteroatoms. The minimum atomic E-state index is -2.53. The van der Waals surface area contributed by atoms with Crippen molar-refractivity contribution in [3.8, 4) is 6.07 Å². The molecule has 0 saturated carbocycles. The molecule has 2 aliphatic rings. The summed E-state index contributed by atoms with van der Waals surface area (Å²) in [6, 6.07) is 1.92. The van der Waals surface area contributed by atoms with Gasteiger partial charge in [0.1, 0.15) is 24.0 Å². The lowest BCUT2D eigenvalue weighted by molar-refractivity contribution is -0.152. The van der Waals surface area contributed by atoms with Gasteiger partial charge in [0.15, 0.2) is 0 Å². The van der Waals surface area contributed by atoms with E-state index in [9.17, 15) is 13.8 Å². The van der Waals surface area contributed by atoms with Gasteiger partial charge in [-0.05, 0) is 12.8 Å². The maximum Gasteiger partial charge on any atom is 0.250 e. The van der Waals surface area contributed by atoms with Gasteiger partial charge in [-0.2, -0.15) is 14.7 Å². The topological polar surface area (TPSA) is 144 Å². The van der Waals surface area contributed by atoms with Gasteiger partial charge in [0, 0.05) is 31.5 Å². The summed E-state index contributed by atoms with van der Waals surface area (Å²) in [6.07, 6.45) is 2.30. The fourth-order valence-corrected chi connectivity index (χ4v) is 5.68. The van der Waals surface area contributed by atoms with Crippen LogP contribution >= 0.6 is 0 Å². The maximum absolute atomic E-state index is 12.7. The summed E-state index contributed by atoms with van der Waals surface area (Å²) in [7, 11) is -2.53. The highest BCUT2D eigenvalue weighted by molar-refractivity contribution is 7.93. The average molecular weight is 394 g/mol. The summed E-state index contributed by atoms with van der Waals surface area (Å²) in [5.74, 6) is 0.137. The lowest BCUT2D eigenvalue weighted by Gasteiger charge is -2.45. The number of nitriles is 1. The zero-order valence-corrected chi connectivity index (χ0v) is 15.9. The number of amides is 2. The van der Waals surface area contributed by atoms with E-state index in [-0.39, 0.29) is 35.3 Å². The molecule has 2 aliphatic heterocycles. The number of rotatable bonds is 2. The first kappa shape index (κ1) is 19.3. The second-order valence-electron chi connectivity index (χ2n) is 6.85. The van der Waals surface area contributed by atoms with E-state index in [0.717, 1.165) is 0 Å². The Hall–Kier alpha value is -2.45. The van der Waals surface area contributed by atoms with E-state index in [2.05, 4.69) is 9.46 Å². The smallest absolute Gasteiger partial charge is 0.250 e. The van der Waals surface area contributed by atoms with E-state index in [1.54, 1.807) is 4.90 Å². The van der Waals surface area contributed by atoms with Gasteiger partial charge in [-0.1, -0.05) is 0 Å². The Bertz CT molecular complexity index is 910. The highest BCUT2D eigenvalue weighted by Gasteiger charge is 2.42. The van der Waals surface area contributed by atoms with E-state index < -0.39 is 21.2 Å². The second-order valence-corrected chi connectivity index (χ2v) is 9.40. The summed E-state index contributed by atoms with van der Waals surface area (Å²) in [6.45, 7) is 2.45. The van der Waals surface area contributed by atoms with Crippen LogP contribution in [0.3, 0.4) is 0 Å². The van der Waals surface area contributed by atoms with Crippen molar-refractivity contribution in [3.63, 3.8) is 0 Å². The van der Waals surface area contributed by atoms with Crippen molar-refractivity contribution >= 4 is 27.4 Å². The molecular weight excluding hydrogens is 372 g/mol. The molecule has 2 fully saturated rings. The fourth-order valence-electron chi connectivity index (χ4n) is 3.44. The van der Waals surface area contributed by atoms with Crippen molar-refractivity contribution in [1.82, 2.24) is 14.7 Å². The molecule has 3 rings (SSSR count). The van der Waals surface area contributed by atoms with Gasteiger partial charge >= 0.3 is 0 Å². The van der Waals surface area contributed by atoms with Gasteiger partial charge in [-0.15, -0.1) is 0 Å². The third-order valence-corrected chi connectivity index (χ3v) is 7.21. The fraction of sp³-hybridized carbons (Fsp3) is 0.625. The summed E-state index contributed by atoms with van der Waals surface area (Å²) >= 11 is 0. The molecule has 2 N–H and O–H groups in total. The molecule has 146 valence electrons. The molecule has 0 aromatic carbocycles. The predicted molar refractivity (Wildman–Crippen MR) is 96.8 cm³/mol. The van der Waals surface area contributed by atoms with Crippen molar-refractivity contribution in [1.29, 1.82) is 5.26 Å². The summed E-state index contributed by atoms with van der Waals surface area (Å²) in [5.41, 5.74) is 5.48. The van der Waals surface area contributed by atoms with Crippen molar-refractivity contribution in [2.75, 3.05) is 36.9 Å². The number of nitrogens with two attached hydrogens (primary N) is 1. The molecule has 1 aromatic heterocycles. The molecule has 0 bridgehead atoms. The Kier molecular flexibility index (Phi) is 5.21. The first-order valence-electron chi connectivity index (χ1n) is 8.62. The first-order valence-corrected chi connectivity index (χ1v) is 10.5. The van der Waals surface area contributed by atoms with Gasteiger partial charge in [0.05, 0.1) is 28.1 Å². The molecule has 0 aliphatic carbocycles. The Morgan fingerprint density at radius 1 is 1.48 bits per heavy atom. The average Bonchev–Trinajstić information content (AvgIpc) is 2.97. The van der Waals surface area contributed by atoms with Crippen molar-refractivity contribution in [3.05, 3.63) is 11.8 Å². The van der Waals surface area contributed by atoms with Gasteiger partial charge in [-0.25, -0.2) is 8.89 Å². The van der Waals surface area contributed by atoms with E-state index in [4.69, 9.17) is 15.7 Å².